The number of methoxy groups -OCH3 is 2. The third-order valence-electron chi connectivity index (χ3n) is 3.73. The Hall–Kier alpha value is -3.66. The minimum Gasteiger partial charge on any atom is -0.497 e. The Morgan fingerprint density at radius 2 is 1.96 bits per heavy atom. The minimum absolute atomic E-state index is 0.0614. The highest BCUT2D eigenvalue weighted by Crippen LogP contribution is 2.33. The lowest BCUT2D eigenvalue weighted by atomic mass is 10.1. The monoisotopic (exact) mass is 352 g/mol. The summed E-state index contributed by atoms with van der Waals surface area (Å²) in [5, 5.41) is 12.0. The number of ether oxygens (including phenoxy) is 4. The molecule has 1 aliphatic heterocycles. The molecule has 0 aromatic heterocycles. The van der Waals surface area contributed by atoms with Crippen molar-refractivity contribution in [3.8, 4) is 29.1 Å². The summed E-state index contributed by atoms with van der Waals surface area (Å²) in [7, 11) is 3.01. The van der Waals surface area contributed by atoms with Gasteiger partial charge in [0, 0.05) is 6.07 Å². The summed E-state index contributed by atoms with van der Waals surface area (Å²) < 4.78 is 20.9. The van der Waals surface area contributed by atoms with Crippen LogP contribution in [0.3, 0.4) is 0 Å². The van der Waals surface area contributed by atoms with Crippen molar-refractivity contribution in [1.82, 2.24) is 0 Å². The lowest BCUT2D eigenvalue weighted by Gasteiger charge is -2.11. The van der Waals surface area contributed by atoms with Crippen LogP contribution >= 0.6 is 0 Å². The van der Waals surface area contributed by atoms with Crippen LogP contribution in [0.25, 0.3) is 6.08 Å². The van der Waals surface area contributed by atoms with E-state index in [1.165, 1.54) is 20.3 Å². The third-order valence-corrected chi connectivity index (χ3v) is 3.73. The summed E-state index contributed by atoms with van der Waals surface area (Å²) in [6.07, 6.45) is 1.48. The maximum atomic E-state index is 12.5. The number of nitrogens with one attached hydrogen (secondary N) is 1. The Bertz CT molecular complexity index is 915. The van der Waals surface area contributed by atoms with E-state index in [1.807, 2.05) is 6.07 Å². The molecule has 0 atom stereocenters. The summed E-state index contributed by atoms with van der Waals surface area (Å²) >= 11 is 0. The van der Waals surface area contributed by atoms with Gasteiger partial charge in [-0.3, -0.25) is 4.79 Å². The smallest absolute Gasteiger partial charge is 0.266 e. The van der Waals surface area contributed by atoms with E-state index in [9.17, 15) is 10.1 Å². The molecule has 0 unspecified atom stereocenters. The number of hydrogen-bond acceptors (Lipinski definition) is 6. The molecule has 1 aliphatic rings. The first-order valence-electron chi connectivity index (χ1n) is 7.69. The lowest BCUT2D eigenvalue weighted by molar-refractivity contribution is -0.112. The fraction of sp³-hybridized carbons (Fsp3) is 0.158. The maximum absolute atomic E-state index is 12.5. The molecule has 0 saturated heterocycles. The maximum Gasteiger partial charge on any atom is 0.266 e. The quantitative estimate of drug-likeness (QED) is 0.657. The average molecular weight is 352 g/mol. The molecule has 0 bridgehead atoms. The normalized spacial score (nSPS) is 12.3. The van der Waals surface area contributed by atoms with Gasteiger partial charge in [-0.1, -0.05) is 6.07 Å². The number of carbonyl (C=O) groups excluding carboxylic acids is 1. The van der Waals surface area contributed by atoms with Gasteiger partial charge in [0.2, 0.25) is 6.79 Å². The topological polar surface area (TPSA) is 89.8 Å². The van der Waals surface area contributed by atoms with Crippen molar-refractivity contribution >= 4 is 17.7 Å². The van der Waals surface area contributed by atoms with E-state index in [0.29, 0.717) is 34.2 Å². The number of hydrogen-bond donors (Lipinski definition) is 1. The van der Waals surface area contributed by atoms with Gasteiger partial charge in [-0.2, -0.15) is 5.26 Å². The van der Waals surface area contributed by atoms with Crippen molar-refractivity contribution in [3.63, 3.8) is 0 Å². The number of nitrogens with zero attached hydrogens (tertiary/aromatic N) is 1. The van der Waals surface area contributed by atoms with E-state index in [4.69, 9.17) is 18.9 Å². The SMILES string of the molecule is COc1ccc(OC)c(NC(=O)/C(C#N)=C/c2ccc3c(c2)OCO3)c1. The van der Waals surface area contributed by atoms with Crippen LogP contribution in [0.15, 0.2) is 42.0 Å². The van der Waals surface area contributed by atoms with Crippen LogP contribution < -0.4 is 24.3 Å². The predicted octanol–water partition coefficient (Wildman–Crippen LogP) is 2.98. The molecule has 0 spiro atoms. The van der Waals surface area contributed by atoms with E-state index < -0.39 is 5.91 Å². The summed E-state index contributed by atoms with van der Waals surface area (Å²) in [6, 6.07) is 12.1. The summed E-state index contributed by atoms with van der Waals surface area (Å²) in [5.41, 5.74) is 0.996. The summed E-state index contributed by atoms with van der Waals surface area (Å²) in [5.74, 6) is 1.66. The first-order chi connectivity index (χ1) is 12.6. The highest BCUT2D eigenvalue weighted by Gasteiger charge is 2.16. The fourth-order valence-corrected chi connectivity index (χ4v) is 2.42. The zero-order chi connectivity index (χ0) is 18.5. The van der Waals surface area contributed by atoms with Crippen LogP contribution in [0, 0.1) is 11.3 Å². The van der Waals surface area contributed by atoms with E-state index >= 15 is 0 Å². The first-order valence-corrected chi connectivity index (χ1v) is 7.69. The second-order valence-electron chi connectivity index (χ2n) is 5.30. The molecule has 0 fully saturated rings. The van der Waals surface area contributed by atoms with Gasteiger partial charge in [-0.15, -0.1) is 0 Å². The van der Waals surface area contributed by atoms with Gasteiger partial charge in [-0.25, -0.2) is 0 Å². The van der Waals surface area contributed by atoms with Gasteiger partial charge in [0.15, 0.2) is 11.5 Å². The van der Waals surface area contributed by atoms with Gasteiger partial charge in [0.25, 0.3) is 5.91 Å². The van der Waals surface area contributed by atoms with Crippen molar-refractivity contribution in [3.05, 3.63) is 47.5 Å². The number of fused-ring (bicyclic) bond motifs is 1. The molecule has 2 aromatic carbocycles. The lowest BCUT2D eigenvalue weighted by Crippen LogP contribution is -2.14. The molecule has 0 radical (unpaired) electrons. The Morgan fingerprint density at radius 1 is 1.15 bits per heavy atom. The van der Waals surface area contributed by atoms with E-state index in [1.54, 1.807) is 36.4 Å². The van der Waals surface area contributed by atoms with Crippen molar-refractivity contribution in [2.45, 2.75) is 0 Å². The number of nitriles is 1. The highest BCUT2D eigenvalue weighted by atomic mass is 16.7. The number of rotatable bonds is 5. The van der Waals surface area contributed by atoms with Crippen LogP contribution in [-0.4, -0.2) is 26.9 Å². The Labute approximate surface area is 150 Å². The van der Waals surface area contributed by atoms with Gasteiger partial charge < -0.3 is 24.3 Å². The average Bonchev–Trinajstić information content (AvgIpc) is 3.13. The van der Waals surface area contributed by atoms with Crippen molar-refractivity contribution < 1.29 is 23.7 Å². The van der Waals surface area contributed by atoms with Gasteiger partial charge >= 0.3 is 0 Å². The van der Waals surface area contributed by atoms with Gasteiger partial charge in [0.1, 0.15) is 23.1 Å². The molecule has 26 heavy (non-hydrogen) atoms. The largest absolute Gasteiger partial charge is 0.497 e. The molecule has 0 saturated carbocycles. The highest BCUT2D eigenvalue weighted by molar-refractivity contribution is 6.10. The van der Waals surface area contributed by atoms with Crippen LogP contribution in [0.5, 0.6) is 23.0 Å². The van der Waals surface area contributed by atoms with Crippen molar-refractivity contribution in [2.24, 2.45) is 0 Å². The van der Waals surface area contributed by atoms with E-state index in [2.05, 4.69) is 5.32 Å². The standard InChI is InChI=1S/C19H16N2O5/c1-23-14-4-6-16(24-2)15(9-14)21-19(22)13(10-20)7-12-3-5-17-18(8-12)26-11-25-17/h3-9H,11H2,1-2H3,(H,21,22)/b13-7+. The summed E-state index contributed by atoms with van der Waals surface area (Å²) in [4.78, 5) is 12.5. The second kappa shape index (κ2) is 7.49. The van der Waals surface area contributed by atoms with E-state index in [-0.39, 0.29) is 12.4 Å². The van der Waals surface area contributed by atoms with E-state index in [0.717, 1.165) is 0 Å². The first kappa shape index (κ1) is 17.2. The number of carbonyl (C=O) groups is 1. The minimum atomic E-state index is -0.559. The molecule has 2 aromatic rings. The zero-order valence-electron chi connectivity index (χ0n) is 14.2. The Balaban J connectivity index is 1.85. The molecule has 0 aliphatic carbocycles. The molecule has 1 heterocycles. The second-order valence-corrected chi connectivity index (χ2v) is 5.30. The van der Waals surface area contributed by atoms with Crippen LogP contribution in [-0.2, 0) is 4.79 Å². The Morgan fingerprint density at radius 3 is 2.69 bits per heavy atom. The molecular weight excluding hydrogens is 336 g/mol. The molecule has 1 N–H and O–H groups in total. The molecular formula is C19H16N2O5. The van der Waals surface area contributed by atoms with Crippen LogP contribution in [0.4, 0.5) is 5.69 Å². The van der Waals surface area contributed by atoms with Crippen molar-refractivity contribution in [2.75, 3.05) is 26.3 Å². The number of amides is 1. The summed E-state index contributed by atoms with van der Waals surface area (Å²) in [6.45, 7) is 0.156. The Kier molecular flexibility index (Phi) is 4.94. The van der Waals surface area contributed by atoms with Gasteiger partial charge in [0.05, 0.1) is 19.9 Å². The molecule has 132 valence electrons. The molecule has 3 rings (SSSR count). The molecule has 1 amide bonds. The predicted molar refractivity (Wildman–Crippen MR) is 94.3 cm³/mol. The number of benzene rings is 2. The molecule has 7 heteroatoms. The van der Waals surface area contributed by atoms with Crippen LogP contribution in [0.1, 0.15) is 5.56 Å². The number of anilines is 1. The zero-order valence-corrected chi connectivity index (χ0v) is 14.2. The fourth-order valence-electron chi connectivity index (χ4n) is 2.42. The molecule has 7 nitrogen and oxygen atoms in total. The van der Waals surface area contributed by atoms with Crippen LogP contribution in [0.2, 0.25) is 0 Å². The van der Waals surface area contributed by atoms with Crippen molar-refractivity contribution in [1.29, 1.82) is 5.26 Å². The van der Waals surface area contributed by atoms with Gasteiger partial charge in [-0.05, 0) is 35.9 Å². The third kappa shape index (κ3) is 3.54.